The van der Waals surface area contributed by atoms with Crippen LogP contribution in [0.25, 0.3) is 126 Å². The van der Waals surface area contributed by atoms with Gasteiger partial charge < -0.3 is 50.2 Å². The Morgan fingerprint density at radius 2 is 0.579 bits per heavy atom. The summed E-state index contributed by atoms with van der Waals surface area (Å²) in [4.78, 5) is 50.5. The number of anilines is 5. The van der Waals surface area contributed by atoms with Crippen LogP contribution in [0.5, 0.6) is 0 Å². The van der Waals surface area contributed by atoms with Crippen molar-refractivity contribution < 1.29 is 126 Å². The molecule has 9 aromatic carbocycles. The molecule has 0 aliphatic rings. The minimum absolute atomic E-state index is 0. The maximum absolute atomic E-state index is 10.4. The van der Waals surface area contributed by atoms with Crippen molar-refractivity contribution >= 4 is 64.5 Å². The van der Waals surface area contributed by atoms with Crippen LogP contribution in [0.15, 0.2) is 430 Å². The van der Waals surface area contributed by atoms with Crippen LogP contribution in [0.1, 0.15) is 101 Å². The van der Waals surface area contributed by atoms with Gasteiger partial charge in [-0.15, -0.1) is 203 Å². The quantitative estimate of drug-likeness (QED) is 0.0389. The minimum Gasteiger partial charge on any atom is -0.512 e. The molecule has 0 unspecified atom stereocenters. The fourth-order valence-corrected chi connectivity index (χ4v) is 14.4. The summed E-state index contributed by atoms with van der Waals surface area (Å²) in [6, 6.07) is 149. The van der Waals surface area contributed by atoms with E-state index in [9.17, 15) is 20.4 Å². The molecule has 19 aromatic rings. The fraction of sp³-hybridized carbons (Fsp3) is 0.0968. The number of hydrogen-bond acceptors (Lipinski definition) is 16. The molecule has 145 heavy (non-hydrogen) atoms. The van der Waals surface area contributed by atoms with E-state index in [2.05, 4.69) is 126 Å². The number of aliphatic hydroxyl groups excluding tert-OH is 4. The van der Waals surface area contributed by atoms with Crippen molar-refractivity contribution in [2.75, 3.05) is 16.8 Å². The first kappa shape index (κ1) is 113. The van der Waals surface area contributed by atoms with Gasteiger partial charge in [-0.1, -0.05) is 231 Å². The van der Waals surface area contributed by atoms with Crippen molar-refractivity contribution in [3.8, 4) is 90.3 Å². The van der Waals surface area contributed by atoms with Crippen molar-refractivity contribution in [3.05, 3.63) is 512 Å². The van der Waals surface area contributed by atoms with Gasteiger partial charge in [-0.25, -0.2) is 19.9 Å². The molecule has 0 aliphatic carbocycles. The molecular formula is C124H104N12O4Pt5. The van der Waals surface area contributed by atoms with Gasteiger partial charge in [-0.2, -0.15) is 0 Å². The van der Waals surface area contributed by atoms with Crippen molar-refractivity contribution in [1.82, 2.24) is 49.8 Å². The average molecular weight is 2800 g/mol. The van der Waals surface area contributed by atoms with Gasteiger partial charge in [0.2, 0.25) is 0 Å². The molecule has 0 atom stereocenters. The van der Waals surface area contributed by atoms with Gasteiger partial charge in [0.05, 0.1) is 57.1 Å². The van der Waals surface area contributed by atoms with Crippen molar-refractivity contribution in [2.24, 2.45) is 10.8 Å². The summed E-state index contributed by atoms with van der Waals surface area (Å²) in [7, 11) is 1.99. The molecule has 0 amide bonds. The zero-order chi connectivity index (χ0) is 97.6. The van der Waals surface area contributed by atoms with E-state index < -0.39 is 0 Å². The third kappa shape index (κ3) is 31.8. The Labute approximate surface area is 922 Å². The van der Waals surface area contributed by atoms with Crippen LogP contribution >= 0.6 is 0 Å². The first-order chi connectivity index (χ1) is 68.0. The van der Waals surface area contributed by atoms with Gasteiger partial charge in [0, 0.05) is 131 Å². The van der Waals surface area contributed by atoms with Crippen molar-refractivity contribution in [3.63, 3.8) is 0 Å². The normalized spacial score (nSPS) is 11.2. The van der Waals surface area contributed by atoms with E-state index in [1.165, 1.54) is 0 Å². The van der Waals surface area contributed by atoms with E-state index in [4.69, 9.17) is 15.0 Å². The second-order valence-corrected chi connectivity index (χ2v) is 35.0. The third-order valence-corrected chi connectivity index (χ3v) is 22.3. The second kappa shape index (κ2) is 55.0. The van der Waals surface area contributed by atoms with Gasteiger partial charge >= 0.3 is 63.2 Å². The predicted molar refractivity (Wildman–Crippen MR) is 568 cm³/mol. The van der Waals surface area contributed by atoms with Crippen LogP contribution in [0.2, 0.25) is 0 Å². The van der Waals surface area contributed by atoms with Gasteiger partial charge in [-0.3, -0.25) is 9.97 Å². The number of hydrogen-bond donors (Lipinski definition) is 4. The maximum atomic E-state index is 10.4. The number of benzene rings is 9. The molecule has 10 aromatic heterocycles. The molecule has 734 valence electrons. The van der Waals surface area contributed by atoms with Crippen molar-refractivity contribution in [1.29, 1.82) is 0 Å². The van der Waals surface area contributed by atoms with E-state index >= 15 is 0 Å². The van der Waals surface area contributed by atoms with Crippen molar-refractivity contribution in [2.45, 2.75) is 60.8 Å². The smallest absolute Gasteiger partial charge is 0.512 e. The molecule has 19 rings (SSSR count). The number of nitrogens with zero attached hydrogens (tertiary/aromatic N) is 12. The molecule has 0 saturated heterocycles. The summed E-state index contributed by atoms with van der Waals surface area (Å²) >= 11 is 0. The Hall–Kier alpha value is -14.3. The van der Waals surface area contributed by atoms with Crippen LogP contribution < -0.4 is 9.80 Å². The van der Waals surface area contributed by atoms with Gasteiger partial charge in [0.1, 0.15) is 23.2 Å². The fourth-order valence-electron chi connectivity index (χ4n) is 14.4. The first-order valence-electron chi connectivity index (χ1n) is 45.9. The van der Waals surface area contributed by atoms with E-state index in [1.807, 2.05) is 424 Å². The molecule has 0 radical (unpaired) electrons. The zero-order valence-corrected chi connectivity index (χ0v) is 92.2. The Kier molecular flexibility index (Phi) is 42.7. The number of allylic oxidation sites excluding steroid dienone is 2. The molecule has 0 spiro atoms. The van der Waals surface area contributed by atoms with Gasteiger partial charge in [0.25, 0.3) is 0 Å². The number of rotatable bonds is 21. The molecule has 0 saturated carbocycles. The third-order valence-electron chi connectivity index (χ3n) is 22.3. The van der Waals surface area contributed by atoms with Gasteiger partial charge in [0.15, 0.2) is 0 Å². The Bertz CT molecular complexity index is 7000. The molecular weight excluding hydrogens is 2700 g/mol. The Balaban J connectivity index is 0.000000185. The molecule has 4 N–H and O–H groups in total. The van der Waals surface area contributed by atoms with E-state index in [-0.39, 0.29) is 145 Å². The van der Waals surface area contributed by atoms with Crippen LogP contribution in [0.3, 0.4) is 0 Å². The molecule has 0 fully saturated rings. The number of para-hydroxylation sites is 1. The summed E-state index contributed by atoms with van der Waals surface area (Å²) in [6.45, 7) is 16.0. The summed E-state index contributed by atoms with van der Waals surface area (Å²) < 4.78 is 0. The molecule has 21 heteroatoms. The molecule has 0 bridgehead atoms. The van der Waals surface area contributed by atoms with Gasteiger partial charge in [-0.05, 0) is 143 Å². The topological polar surface area (TPSA) is 216 Å². The van der Waals surface area contributed by atoms with Crippen LogP contribution in [0, 0.1) is 47.2 Å². The second-order valence-electron chi connectivity index (χ2n) is 35.0. The monoisotopic (exact) mass is 2800 g/mol. The molecule has 10 heterocycles. The van der Waals surface area contributed by atoms with Crippen LogP contribution in [-0.2, 0) is 111 Å². The maximum Gasteiger partial charge on any atom is 2.00 e. The Morgan fingerprint density at radius 3 is 0.972 bits per heavy atom. The number of aromatic nitrogens is 10. The molecule has 16 nitrogen and oxygen atoms in total. The summed E-state index contributed by atoms with van der Waals surface area (Å²) in [5.74, 6) is 2.53. The largest absolute Gasteiger partial charge is 2.00 e. The zero-order valence-electron chi connectivity index (χ0n) is 80.9. The minimum atomic E-state index is -0.328. The van der Waals surface area contributed by atoms with E-state index in [0.29, 0.717) is 45.6 Å². The van der Waals surface area contributed by atoms with E-state index in [0.717, 1.165) is 119 Å². The first-order valence-corrected chi connectivity index (χ1v) is 45.9. The summed E-state index contributed by atoms with van der Waals surface area (Å²) in [6.07, 6.45) is 12.0. The summed E-state index contributed by atoms with van der Waals surface area (Å²) in [5.41, 5.74) is 22.1. The number of aliphatic hydroxyl groups is 4. The van der Waals surface area contributed by atoms with E-state index in [1.54, 1.807) is 36.7 Å². The van der Waals surface area contributed by atoms with Crippen LogP contribution in [-0.4, -0.2) is 77.3 Å². The Morgan fingerprint density at radius 1 is 0.269 bits per heavy atom. The van der Waals surface area contributed by atoms with Crippen LogP contribution in [0.4, 0.5) is 28.7 Å². The SMILES string of the molecule is CC(C)(C)C(O)=Cc1cccc(-c2cccc(C=C(O)C(C)(C)C)n2)n1.CC(C)(c1[c-]c(-c2ccccn2)ccc1)c1cccc(-c2[c-]cccc2)n1.CN(c1[c-]c(-c2ccccn2)ccc1)c1cccc(-c2[c-]cccc2)n1.OC(=Cc1cccc(-c2cccc(C=C(O)c3ccccc3)n2)n1)c1ccccc1.[Pt+2].[Pt+2].[Pt+2].[Pt].[Pt].[c-]1ccccc1-c1cccc(N(c2[c-]c(-c3ccccn3)ccc2)c2ccccc2)n1. The summed E-state index contributed by atoms with van der Waals surface area (Å²) in [5, 5.41) is 41.1. The predicted octanol–water partition coefficient (Wildman–Crippen LogP) is 30.1. The standard InChI is InChI=1S/C28H19N3.C26H20N2O2.C25H20N2.C23H17N3.C22H28N2O2.5Pt/c1-3-11-22(12-4-1)27-18-10-19-28(30-27)31(24-14-5-2-6-15-24)25-16-9-13-23(21-25)26-17-7-8-20-29-26;29-25(19-9-3-1-4-10-19)17-21-13-7-15-23(27-21)24-16-8-14-22(28-24)18-26(30)20-11-5-2-6-12-20;1-25(2,21-13-8-12-20(18-21)22-14-6-7-17-26-22)24-16-9-15-23(27-24)19-10-4-3-5-11-19;1-26(20-12-7-11-19(17-20)21-13-5-6-16-24-21)23-15-8-14-22(25-23)18-9-3-2-4-10-18;1-21(2,3)19(25)13-15-9-7-11-17(23-15)18-12-8-10-16(24-18)14-20(26)22(4,5)6;;;;;/h1-11,13-20H;1-18,29-30H;3-10,12-17H,1-2H3;2-9,11-16H,1H3;7-14,25-26H,1-6H3;;;;;/q-2;;2*-2;;;;3*+2. The molecule has 0 aliphatic heterocycles. The average Bonchev–Trinajstić information content (AvgIpc) is 0.787. The number of pyridine rings is 10.